The number of carboxylic acid groups (broad SMARTS) is 1. The fourth-order valence-corrected chi connectivity index (χ4v) is 4.51. The molecule has 2 N–H and O–H groups in total. The van der Waals surface area contributed by atoms with Crippen molar-refractivity contribution in [2.45, 2.75) is 51.1 Å². The van der Waals surface area contributed by atoms with Gasteiger partial charge in [0.25, 0.3) is 0 Å². The number of rotatable bonds is 4. The SMILES string of the molecule is CC(C)c1nnsc1CN1CCC2(CC1)NC(=O)C[C@H]2C(=O)O. The number of aliphatic carboxylic acids is 1. The van der Waals surface area contributed by atoms with E-state index in [0.29, 0.717) is 18.8 Å². The van der Waals surface area contributed by atoms with Gasteiger partial charge in [-0.05, 0) is 30.3 Å². The topological polar surface area (TPSA) is 95.4 Å². The lowest BCUT2D eigenvalue weighted by Crippen LogP contribution is -2.55. The first-order valence-corrected chi connectivity index (χ1v) is 8.76. The molecule has 0 aliphatic carbocycles. The lowest BCUT2D eigenvalue weighted by molar-refractivity contribution is -0.144. The average Bonchev–Trinajstić information content (AvgIpc) is 3.06. The van der Waals surface area contributed by atoms with Gasteiger partial charge in [-0.3, -0.25) is 14.5 Å². The smallest absolute Gasteiger partial charge is 0.309 e. The van der Waals surface area contributed by atoms with Crippen molar-refractivity contribution in [2.24, 2.45) is 5.92 Å². The summed E-state index contributed by atoms with van der Waals surface area (Å²) >= 11 is 1.43. The summed E-state index contributed by atoms with van der Waals surface area (Å²) in [5.41, 5.74) is 0.486. The third-order valence-corrected chi connectivity index (χ3v) is 5.71. The maximum atomic E-state index is 11.7. The number of aromatic nitrogens is 2. The predicted molar refractivity (Wildman–Crippen MR) is 85.1 cm³/mol. The standard InChI is InChI=1S/C15H22N4O3S/c1-9(2)13-11(23-18-17-13)8-19-5-3-15(4-6-19)10(14(21)22)7-12(20)16-15/h9-10H,3-8H2,1-2H3,(H,16,20)(H,21,22)/t10-/m0/s1. The van der Waals surface area contributed by atoms with Crippen LogP contribution in [0.15, 0.2) is 0 Å². The number of likely N-dealkylation sites (tertiary alicyclic amines) is 1. The summed E-state index contributed by atoms with van der Waals surface area (Å²) in [6.07, 6.45) is 1.46. The number of nitrogens with one attached hydrogen (secondary N) is 1. The largest absolute Gasteiger partial charge is 0.481 e. The van der Waals surface area contributed by atoms with Gasteiger partial charge in [-0.2, -0.15) is 0 Å². The number of piperidine rings is 1. The van der Waals surface area contributed by atoms with Crippen molar-refractivity contribution in [1.29, 1.82) is 0 Å². The van der Waals surface area contributed by atoms with Crippen LogP contribution >= 0.6 is 11.5 Å². The molecular formula is C15H22N4O3S. The summed E-state index contributed by atoms with van der Waals surface area (Å²) in [4.78, 5) is 26.6. The Morgan fingerprint density at radius 1 is 1.48 bits per heavy atom. The summed E-state index contributed by atoms with van der Waals surface area (Å²) in [6.45, 7) is 6.57. The van der Waals surface area contributed by atoms with E-state index in [-0.39, 0.29) is 12.3 Å². The number of carbonyl (C=O) groups excluding carboxylic acids is 1. The predicted octanol–water partition coefficient (Wildman–Crippen LogP) is 1.22. The van der Waals surface area contributed by atoms with Gasteiger partial charge in [0.1, 0.15) is 0 Å². The summed E-state index contributed by atoms with van der Waals surface area (Å²) in [5.74, 6) is -1.26. The highest BCUT2D eigenvalue weighted by molar-refractivity contribution is 7.05. The average molecular weight is 338 g/mol. The third kappa shape index (κ3) is 3.10. The van der Waals surface area contributed by atoms with Crippen molar-refractivity contribution in [3.8, 4) is 0 Å². The van der Waals surface area contributed by atoms with Crippen molar-refractivity contribution in [3.63, 3.8) is 0 Å². The molecule has 1 amide bonds. The molecule has 8 heteroatoms. The normalized spacial score (nSPS) is 24.3. The second-order valence-corrected chi connectivity index (χ2v) is 7.65. The second kappa shape index (κ2) is 6.16. The molecule has 2 aliphatic heterocycles. The highest BCUT2D eigenvalue weighted by Crippen LogP contribution is 2.37. The molecule has 0 aromatic carbocycles. The minimum atomic E-state index is -0.870. The van der Waals surface area contributed by atoms with Crippen molar-refractivity contribution in [1.82, 2.24) is 19.8 Å². The zero-order chi connectivity index (χ0) is 16.6. The Morgan fingerprint density at radius 3 is 2.78 bits per heavy atom. The Hall–Kier alpha value is -1.54. The highest BCUT2D eigenvalue weighted by atomic mass is 32.1. The summed E-state index contributed by atoms with van der Waals surface area (Å²) < 4.78 is 4.06. The molecule has 1 atom stereocenters. The molecule has 2 saturated heterocycles. The first kappa shape index (κ1) is 16.3. The van der Waals surface area contributed by atoms with Gasteiger partial charge in [-0.1, -0.05) is 18.3 Å². The van der Waals surface area contributed by atoms with E-state index in [4.69, 9.17) is 0 Å². The Morgan fingerprint density at radius 2 is 2.17 bits per heavy atom. The van der Waals surface area contributed by atoms with E-state index in [0.717, 1.165) is 25.3 Å². The van der Waals surface area contributed by atoms with Gasteiger partial charge in [0.05, 0.1) is 22.0 Å². The van der Waals surface area contributed by atoms with Gasteiger partial charge < -0.3 is 10.4 Å². The fourth-order valence-electron chi connectivity index (χ4n) is 3.67. The molecule has 0 unspecified atom stereocenters. The van der Waals surface area contributed by atoms with Crippen molar-refractivity contribution in [3.05, 3.63) is 10.6 Å². The van der Waals surface area contributed by atoms with E-state index in [9.17, 15) is 14.7 Å². The maximum Gasteiger partial charge on any atom is 0.309 e. The van der Waals surface area contributed by atoms with Crippen LogP contribution in [-0.4, -0.2) is 50.1 Å². The Labute approximate surface area is 139 Å². The highest BCUT2D eigenvalue weighted by Gasteiger charge is 2.51. The van der Waals surface area contributed by atoms with Gasteiger partial charge >= 0.3 is 5.97 Å². The Bertz CT molecular complexity index is 608. The first-order valence-electron chi connectivity index (χ1n) is 7.98. The molecule has 0 radical (unpaired) electrons. The van der Waals surface area contributed by atoms with Crippen LogP contribution in [0.5, 0.6) is 0 Å². The molecule has 23 heavy (non-hydrogen) atoms. The first-order chi connectivity index (χ1) is 10.9. The van der Waals surface area contributed by atoms with E-state index in [1.54, 1.807) is 0 Å². The van der Waals surface area contributed by atoms with Crippen LogP contribution in [0.25, 0.3) is 0 Å². The fraction of sp³-hybridized carbons (Fsp3) is 0.733. The molecular weight excluding hydrogens is 316 g/mol. The molecule has 2 fully saturated rings. The van der Waals surface area contributed by atoms with Crippen molar-refractivity contribution >= 4 is 23.4 Å². The van der Waals surface area contributed by atoms with Crippen LogP contribution < -0.4 is 5.32 Å². The van der Waals surface area contributed by atoms with Gasteiger partial charge in [0, 0.05) is 26.1 Å². The molecule has 1 aromatic heterocycles. The second-order valence-electron chi connectivity index (χ2n) is 6.81. The number of carbonyl (C=O) groups is 2. The molecule has 1 aromatic rings. The van der Waals surface area contributed by atoms with Crippen LogP contribution in [0.2, 0.25) is 0 Å². The number of nitrogens with zero attached hydrogens (tertiary/aromatic N) is 3. The van der Waals surface area contributed by atoms with E-state index >= 15 is 0 Å². The number of hydrogen-bond donors (Lipinski definition) is 2. The number of hydrogen-bond acceptors (Lipinski definition) is 6. The van der Waals surface area contributed by atoms with E-state index < -0.39 is 17.4 Å². The van der Waals surface area contributed by atoms with Crippen LogP contribution in [0.3, 0.4) is 0 Å². The Kier molecular flexibility index (Phi) is 4.37. The quantitative estimate of drug-likeness (QED) is 0.857. The molecule has 7 nitrogen and oxygen atoms in total. The molecule has 0 bridgehead atoms. The minimum Gasteiger partial charge on any atom is -0.481 e. The van der Waals surface area contributed by atoms with Gasteiger partial charge in [-0.15, -0.1) is 5.10 Å². The summed E-state index contributed by atoms with van der Waals surface area (Å²) in [7, 11) is 0. The van der Waals surface area contributed by atoms with E-state index in [2.05, 4.69) is 33.7 Å². The molecule has 2 aliphatic rings. The Balaban J connectivity index is 1.65. The lowest BCUT2D eigenvalue weighted by Gasteiger charge is -2.41. The van der Waals surface area contributed by atoms with Crippen molar-refractivity contribution < 1.29 is 14.7 Å². The van der Waals surface area contributed by atoms with Gasteiger partial charge in [0.15, 0.2) is 0 Å². The van der Waals surface area contributed by atoms with Gasteiger partial charge in [0.2, 0.25) is 5.91 Å². The number of carboxylic acids is 1. The van der Waals surface area contributed by atoms with Crippen LogP contribution in [0, 0.1) is 5.92 Å². The maximum absolute atomic E-state index is 11.7. The molecule has 126 valence electrons. The zero-order valence-corrected chi connectivity index (χ0v) is 14.2. The molecule has 3 rings (SSSR count). The monoisotopic (exact) mass is 338 g/mol. The van der Waals surface area contributed by atoms with Gasteiger partial charge in [-0.25, -0.2) is 0 Å². The van der Waals surface area contributed by atoms with Crippen molar-refractivity contribution in [2.75, 3.05) is 13.1 Å². The van der Waals surface area contributed by atoms with E-state index in [1.807, 2.05) is 0 Å². The molecule has 0 saturated carbocycles. The number of amides is 1. The van der Waals surface area contributed by atoms with Crippen LogP contribution in [0.4, 0.5) is 0 Å². The molecule has 3 heterocycles. The van der Waals surface area contributed by atoms with Crippen LogP contribution in [0.1, 0.15) is 49.6 Å². The summed E-state index contributed by atoms with van der Waals surface area (Å²) in [5, 5.41) is 16.5. The van der Waals surface area contributed by atoms with Crippen LogP contribution in [-0.2, 0) is 16.1 Å². The minimum absolute atomic E-state index is 0.103. The lowest BCUT2D eigenvalue weighted by atomic mass is 9.77. The van der Waals surface area contributed by atoms with E-state index in [1.165, 1.54) is 16.4 Å². The zero-order valence-electron chi connectivity index (χ0n) is 13.4. The third-order valence-electron chi connectivity index (χ3n) is 4.99. The molecule has 1 spiro atoms. The summed E-state index contributed by atoms with van der Waals surface area (Å²) in [6, 6.07) is 0.